The Morgan fingerprint density at radius 2 is 2.05 bits per heavy atom. The molecule has 110 valence electrons. The Labute approximate surface area is 130 Å². The van der Waals surface area contributed by atoms with E-state index in [0.29, 0.717) is 0 Å². The van der Waals surface area contributed by atoms with E-state index in [1.54, 1.807) is 11.8 Å². The second kappa shape index (κ2) is 5.72. The first-order valence-electron chi connectivity index (χ1n) is 7.11. The van der Waals surface area contributed by atoms with E-state index < -0.39 is 0 Å². The van der Waals surface area contributed by atoms with Crippen molar-refractivity contribution >= 4 is 28.6 Å². The molecule has 0 fully saturated rings. The van der Waals surface area contributed by atoms with Gasteiger partial charge in [-0.25, -0.2) is 4.98 Å². The fourth-order valence-corrected chi connectivity index (χ4v) is 4.91. The molecule has 0 N–H and O–H groups in total. The zero-order valence-corrected chi connectivity index (χ0v) is 14.8. The zero-order chi connectivity index (χ0) is 15.1. The monoisotopic (exact) mass is 309 g/mol. The zero-order valence-electron chi connectivity index (χ0n) is 13.2. The van der Waals surface area contributed by atoms with E-state index in [1.165, 1.54) is 28.5 Å². The maximum Gasteiger partial charge on any atom is 0.203 e. The number of pyridine rings is 1. The molecular weight excluding hydrogens is 286 g/mol. The van der Waals surface area contributed by atoms with E-state index in [2.05, 4.69) is 41.5 Å². The van der Waals surface area contributed by atoms with Crippen LogP contribution >= 0.6 is 23.5 Å². The molecule has 1 aliphatic rings. The first-order chi connectivity index (χ1) is 9.23. The van der Waals surface area contributed by atoms with Crippen molar-refractivity contribution in [2.75, 3.05) is 0 Å². The smallest absolute Gasteiger partial charge is 0.203 e. The van der Waals surface area contributed by atoms with Crippen LogP contribution in [0.15, 0.2) is 5.03 Å². The van der Waals surface area contributed by atoms with Crippen LogP contribution in [0.1, 0.15) is 50.1 Å². The van der Waals surface area contributed by atoms with Gasteiger partial charge in [0, 0.05) is 10.4 Å². The third-order valence-corrected chi connectivity index (χ3v) is 6.01. The Morgan fingerprint density at radius 3 is 2.60 bits per heavy atom. The number of fused-ring (bicyclic) bond motifs is 1. The lowest BCUT2D eigenvalue weighted by Gasteiger charge is -2.18. The van der Waals surface area contributed by atoms with Gasteiger partial charge in [0.05, 0.1) is 5.25 Å². The predicted octanol–water partition coefficient (Wildman–Crippen LogP) is 4.34. The molecule has 0 bridgehead atoms. The summed E-state index contributed by atoms with van der Waals surface area (Å²) in [7, 11) is 0. The lowest BCUT2D eigenvalue weighted by atomic mass is 9.98. The highest BCUT2D eigenvalue weighted by Crippen LogP contribution is 2.42. The molecule has 0 saturated heterocycles. The van der Waals surface area contributed by atoms with Crippen molar-refractivity contribution in [1.82, 2.24) is 4.98 Å². The molecule has 0 spiro atoms. The summed E-state index contributed by atoms with van der Waals surface area (Å²) in [4.78, 5) is 17.1. The van der Waals surface area contributed by atoms with Crippen molar-refractivity contribution in [2.45, 2.75) is 69.4 Å². The van der Waals surface area contributed by atoms with E-state index in [9.17, 15) is 4.79 Å². The molecule has 0 saturated carbocycles. The molecule has 2 nitrogen and oxygen atoms in total. The Bertz CT molecular complexity index is 546. The van der Waals surface area contributed by atoms with Gasteiger partial charge in [0.1, 0.15) is 5.03 Å². The molecule has 1 aromatic heterocycles. The van der Waals surface area contributed by atoms with Crippen LogP contribution in [-0.2, 0) is 17.6 Å². The van der Waals surface area contributed by atoms with Gasteiger partial charge >= 0.3 is 0 Å². The van der Waals surface area contributed by atoms with Crippen molar-refractivity contribution in [3.05, 3.63) is 22.4 Å². The topological polar surface area (TPSA) is 30.0 Å². The third-order valence-electron chi connectivity index (χ3n) is 3.54. The number of carbonyl (C=O) groups excluding carboxylic acids is 1. The number of aryl methyl sites for hydroxylation is 1. The summed E-state index contributed by atoms with van der Waals surface area (Å²) in [6.45, 7) is 12.7. The molecule has 20 heavy (non-hydrogen) atoms. The van der Waals surface area contributed by atoms with Crippen molar-refractivity contribution in [1.29, 1.82) is 0 Å². The highest BCUT2D eigenvalue weighted by molar-refractivity contribution is 8.17. The van der Waals surface area contributed by atoms with Gasteiger partial charge in [0.2, 0.25) is 5.12 Å². The van der Waals surface area contributed by atoms with Crippen molar-refractivity contribution in [2.24, 2.45) is 0 Å². The first-order valence-corrected chi connectivity index (χ1v) is 8.81. The van der Waals surface area contributed by atoms with Crippen LogP contribution in [0.4, 0.5) is 0 Å². The lowest BCUT2D eigenvalue weighted by molar-refractivity contribution is -0.110. The Morgan fingerprint density at radius 1 is 1.40 bits per heavy atom. The molecule has 1 aromatic rings. The molecule has 0 aromatic carbocycles. The predicted molar refractivity (Wildman–Crippen MR) is 88.8 cm³/mol. The maximum atomic E-state index is 12.4. The van der Waals surface area contributed by atoms with E-state index in [-0.39, 0.29) is 15.1 Å². The molecule has 0 radical (unpaired) electrons. The van der Waals surface area contributed by atoms with Crippen LogP contribution in [0, 0.1) is 13.8 Å². The van der Waals surface area contributed by atoms with Crippen LogP contribution in [0.5, 0.6) is 0 Å². The largest absolute Gasteiger partial charge is 0.286 e. The fourth-order valence-electron chi connectivity index (χ4n) is 2.62. The molecule has 0 aliphatic carbocycles. The van der Waals surface area contributed by atoms with Crippen LogP contribution in [0.25, 0.3) is 0 Å². The molecule has 2 rings (SSSR count). The quantitative estimate of drug-likeness (QED) is 0.813. The van der Waals surface area contributed by atoms with E-state index in [1.807, 2.05) is 0 Å². The summed E-state index contributed by atoms with van der Waals surface area (Å²) in [5, 5.41) is 1.40. The normalized spacial score (nSPS) is 18.2. The number of hydrogen-bond acceptors (Lipinski definition) is 4. The van der Waals surface area contributed by atoms with Gasteiger partial charge in [0.15, 0.2) is 0 Å². The minimum atomic E-state index is -0.0145. The average molecular weight is 310 g/mol. The van der Waals surface area contributed by atoms with Crippen molar-refractivity contribution in [3.8, 4) is 0 Å². The summed E-state index contributed by atoms with van der Waals surface area (Å²) < 4.78 is -0.0145. The van der Waals surface area contributed by atoms with Crippen LogP contribution in [-0.4, -0.2) is 20.1 Å². The number of aromatic nitrogens is 1. The van der Waals surface area contributed by atoms with Gasteiger partial charge < -0.3 is 0 Å². The summed E-state index contributed by atoms with van der Waals surface area (Å²) in [5.74, 6) is 0. The van der Waals surface area contributed by atoms with E-state index >= 15 is 0 Å². The number of nitrogens with zero attached hydrogens (tertiary/aromatic N) is 1. The van der Waals surface area contributed by atoms with E-state index in [4.69, 9.17) is 4.98 Å². The van der Waals surface area contributed by atoms with Gasteiger partial charge in [-0.05, 0) is 43.4 Å². The molecule has 0 amide bonds. The molecule has 1 aliphatic heterocycles. The molecular formula is C16H23NOS2. The molecule has 1 unspecified atom stereocenters. The second-order valence-electron chi connectivity index (χ2n) is 6.28. The Hall–Kier alpha value is -0.480. The SMILES string of the molecule is CCc1c(C)nc2c(c1C)CC(C(=O)SC(C)(C)C)S2. The summed E-state index contributed by atoms with van der Waals surface area (Å²) >= 11 is 3.11. The summed E-state index contributed by atoms with van der Waals surface area (Å²) in [6.07, 6.45) is 1.85. The minimum absolute atomic E-state index is 0.0145. The van der Waals surface area contributed by atoms with Gasteiger partial charge in [-0.15, -0.1) is 0 Å². The van der Waals surface area contributed by atoms with Gasteiger partial charge in [0.25, 0.3) is 0 Å². The number of thioether (sulfide) groups is 2. The van der Waals surface area contributed by atoms with Crippen LogP contribution in [0.3, 0.4) is 0 Å². The van der Waals surface area contributed by atoms with Crippen LogP contribution in [0.2, 0.25) is 0 Å². The standard InChI is InChI=1S/C16H23NOS2/c1-7-11-9(2)12-8-13(15(18)20-16(4,5)6)19-14(12)17-10(11)3/h13H,7-8H2,1-6H3. The van der Waals surface area contributed by atoms with Crippen molar-refractivity contribution in [3.63, 3.8) is 0 Å². The van der Waals surface area contributed by atoms with Gasteiger partial charge in [-0.1, -0.05) is 51.2 Å². The Kier molecular flexibility index (Phi) is 4.55. The molecule has 4 heteroatoms. The summed E-state index contributed by atoms with van der Waals surface area (Å²) in [5.41, 5.74) is 5.11. The van der Waals surface area contributed by atoms with Gasteiger partial charge in [-0.3, -0.25) is 4.79 Å². The van der Waals surface area contributed by atoms with Crippen molar-refractivity contribution < 1.29 is 4.79 Å². The Balaban J connectivity index is 2.24. The number of carbonyl (C=O) groups is 1. The highest BCUT2D eigenvalue weighted by atomic mass is 32.2. The second-order valence-corrected chi connectivity index (χ2v) is 9.30. The lowest BCUT2D eigenvalue weighted by Crippen LogP contribution is -2.20. The first kappa shape index (κ1) is 15.9. The molecule has 1 atom stereocenters. The van der Waals surface area contributed by atoms with Gasteiger partial charge in [-0.2, -0.15) is 0 Å². The molecule has 2 heterocycles. The fraction of sp³-hybridized carbons (Fsp3) is 0.625. The number of rotatable bonds is 2. The van der Waals surface area contributed by atoms with Crippen LogP contribution < -0.4 is 0 Å². The highest BCUT2D eigenvalue weighted by Gasteiger charge is 2.33. The average Bonchev–Trinajstić information content (AvgIpc) is 2.71. The maximum absolute atomic E-state index is 12.4. The van der Waals surface area contributed by atoms with E-state index in [0.717, 1.165) is 23.6 Å². The number of hydrogen-bond donors (Lipinski definition) is 0. The summed E-state index contributed by atoms with van der Waals surface area (Å²) in [6, 6.07) is 0. The minimum Gasteiger partial charge on any atom is -0.286 e. The third kappa shape index (κ3) is 3.22.